The summed E-state index contributed by atoms with van der Waals surface area (Å²) in [5.74, 6) is -0.926. The normalized spacial score (nSPS) is 10.9. The molecular formula is C17H17Cl3N2O2. The van der Waals surface area contributed by atoms with Gasteiger partial charge in [-0.15, -0.1) is 0 Å². The smallest absolute Gasteiger partial charge is 0.256 e. The Bertz CT molecular complexity index is 737. The quantitative estimate of drug-likeness (QED) is 0.750. The van der Waals surface area contributed by atoms with Crippen molar-refractivity contribution in [2.45, 2.75) is 13.1 Å². The maximum atomic E-state index is 12.3. The monoisotopic (exact) mass is 386 g/mol. The summed E-state index contributed by atoms with van der Waals surface area (Å²) in [7, 11) is 3.98. The molecule has 2 rings (SSSR count). The minimum Gasteiger partial charge on any atom is -0.505 e. The summed E-state index contributed by atoms with van der Waals surface area (Å²) in [5.41, 5.74) is 1.95. The molecule has 0 spiro atoms. The molecule has 0 heterocycles. The molecule has 0 unspecified atom stereocenters. The van der Waals surface area contributed by atoms with E-state index in [0.29, 0.717) is 6.54 Å². The van der Waals surface area contributed by atoms with Crippen LogP contribution in [0, 0.1) is 0 Å². The maximum Gasteiger partial charge on any atom is 0.256 e. The van der Waals surface area contributed by atoms with Crippen molar-refractivity contribution in [1.29, 1.82) is 0 Å². The lowest BCUT2D eigenvalue weighted by Crippen LogP contribution is -2.23. The third-order valence-electron chi connectivity index (χ3n) is 3.32. The van der Waals surface area contributed by atoms with Gasteiger partial charge in [0.1, 0.15) is 11.3 Å². The standard InChI is InChI=1S/C17H17Cl3N2O2/c1-22(2)9-11-5-3-4-10(6-11)8-21-17(24)14-15(20)12(18)7-13(19)16(14)23/h3-7,23H,8-9H2,1-2H3,(H,21,24). The second-order valence-electron chi connectivity index (χ2n) is 5.62. The largest absolute Gasteiger partial charge is 0.505 e. The Balaban J connectivity index is 2.15. The van der Waals surface area contributed by atoms with Crippen molar-refractivity contribution in [3.63, 3.8) is 0 Å². The molecule has 2 aromatic carbocycles. The van der Waals surface area contributed by atoms with E-state index in [9.17, 15) is 9.90 Å². The van der Waals surface area contributed by atoms with Gasteiger partial charge in [-0.25, -0.2) is 0 Å². The summed E-state index contributed by atoms with van der Waals surface area (Å²) in [4.78, 5) is 14.4. The van der Waals surface area contributed by atoms with Crippen molar-refractivity contribution in [1.82, 2.24) is 10.2 Å². The molecule has 7 heteroatoms. The van der Waals surface area contributed by atoms with Gasteiger partial charge in [0.25, 0.3) is 5.91 Å². The minimum absolute atomic E-state index is 0.0254. The average molecular weight is 388 g/mol. The summed E-state index contributed by atoms with van der Waals surface area (Å²) in [6.45, 7) is 1.10. The van der Waals surface area contributed by atoms with Crippen LogP contribution in [-0.2, 0) is 13.1 Å². The predicted octanol–water partition coefficient (Wildman–Crippen LogP) is 4.34. The van der Waals surface area contributed by atoms with Crippen LogP contribution >= 0.6 is 34.8 Å². The molecule has 0 aliphatic carbocycles. The Labute approximate surface area is 155 Å². The first-order valence-electron chi connectivity index (χ1n) is 7.16. The molecule has 2 N–H and O–H groups in total. The molecule has 0 atom stereocenters. The summed E-state index contributed by atoms with van der Waals surface area (Å²) >= 11 is 17.8. The zero-order chi connectivity index (χ0) is 17.9. The van der Waals surface area contributed by atoms with Crippen LogP contribution in [0.4, 0.5) is 0 Å². The van der Waals surface area contributed by atoms with Crippen LogP contribution in [0.25, 0.3) is 0 Å². The zero-order valence-electron chi connectivity index (χ0n) is 13.2. The highest BCUT2D eigenvalue weighted by Crippen LogP contribution is 2.38. The van der Waals surface area contributed by atoms with Crippen molar-refractivity contribution in [3.8, 4) is 5.75 Å². The highest BCUT2D eigenvalue weighted by molar-refractivity contribution is 6.45. The van der Waals surface area contributed by atoms with Crippen molar-refractivity contribution in [2.75, 3.05) is 14.1 Å². The zero-order valence-corrected chi connectivity index (χ0v) is 15.5. The molecule has 1 amide bonds. The van der Waals surface area contributed by atoms with Crippen molar-refractivity contribution in [3.05, 3.63) is 62.1 Å². The van der Waals surface area contributed by atoms with Crippen LogP contribution in [0.15, 0.2) is 30.3 Å². The lowest BCUT2D eigenvalue weighted by molar-refractivity contribution is 0.0948. The highest BCUT2D eigenvalue weighted by atomic mass is 35.5. The molecule has 0 fully saturated rings. The van der Waals surface area contributed by atoms with Gasteiger partial charge in [0.15, 0.2) is 0 Å². The molecule has 2 aromatic rings. The lowest BCUT2D eigenvalue weighted by atomic mass is 10.1. The molecule has 0 radical (unpaired) electrons. The Morgan fingerprint density at radius 3 is 2.46 bits per heavy atom. The van der Waals surface area contributed by atoms with E-state index < -0.39 is 5.91 Å². The van der Waals surface area contributed by atoms with E-state index in [1.807, 2.05) is 38.4 Å². The van der Waals surface area contributed by atoms with Crippen LogP contribution in [0.2, 0.25) is 15.1 Å². The molecule has 0 aromatic heterocycles. The van der Waals surface area contributed by atoms with Gasteiger partial charge in [0.05, 0.1) is 15.1 Å². The van der Waals surface area contributed by atoms with E-state index in [4.69, 9.17) is 34.8 Å². The van der Waals surface area contributed by atoms with Crippen molar-refractivity contribution < 1.29 is 9.90 Å². The van der Waals surface area contributed by atoms with E-state index in [1.165, 1.54) is 6.07 Å². The van der Waals surface area contributed by atoms with Gasteiger partial charge in [0.2, 0.25) is 0 Å². The van der Waals surface area contributed by atoms with Crippen molar-refractivity contribution >= 4 is 40.7 Å². The Morgan fingerprint density at radius 1 is 1.12 bits per heavy atom. The number of nitrogens with one attached hydrogen (secondary N) is 1. The second kappa shape index (κ2) is 8.08. The third-order valence-corrected chi connectivity index (χ3v) is 4.39. The van der Waals surface area contributed by atoms with Gasteiger partial charge in [-0.3, -0.25) is 4.79 Å². The van der Waals surface area contributed by atoms with Crippen LogP contribution in [-0.4, -0.2) is 30.0 Å². The van der Waals surface area contributed by atoms with Crippen LogP contribution in [0.1, 0.15) is 21.5 Å². The third kappa shape index (κ3) is 4.54. The molecule has 0 aliphatic rings. The van der Waals surface area contributed by atoms with E-state index >= 15 is 0 Å². The fourth-order valence-electron chi connectivity index (χ4n) is 2.27. The van der Waals surface area contributed by atoms with Gasteiger partial charge < -0.3 is 15.3 Å². The topological polar surface area (TPSA) is 52.6 Å². The number of halogens is 3. The summed E-state index contributed by atoms with van der Waals surface area (Å²) in [6.07, 6.45) is 0. The first kappa shape index (κ1) is 18.9. The number of nitrogens with zero attached hydrogens (tertiary/aromatic N) is 1. The fourth-order valence-corrected chi connectivity index (χ4v) is 2.96. The minimum atomic E-state index is -0.542. The number of aromatic hydroxyl groups is 1. The van der Waals surface area contributed by atoms with Crippen LogP contribution < -0.4 is 5.32 Å². The molecular weight excluding hydrogens is 371 g/mol. The summed E-state index contributed by atoms with van der Waals surface area (Å²) < 4.78 is 0. The number of phenols is 1. The molecule has 0 aliphatic heterocycles. The summed E-state index contributed by atoms with van der Waals surface area (Å²) in [6, 6.07) is 9.16. The van der Waals surface area contributed by atoms with Crippen LogP contribution in [0.3, 0.4) is 0 Å². The van der Waals surface area contributed by atoms with Gasteiger partial charge in [-0.1, -0.05) is 59.1 Å². The average Bonchev–Trinajstić information content (AvgIpc) is 2.51. The Hall–Kier alpha value is -1.46. The molecule has 24 heavy (non-hydrogen) atoms. The van der Waals surface area contributed by atoms with E-state index in [0.717, 1.165) is 17.7 Å². The second-order valence-corrected chi connectivity index (χ2v) is 6.81. The number of benzene rings is 2. The SMILES string of the molecule is CN(C)Cc1cccc(CNC(=O)c2c(O)c(Cl)cc(Cl)c2Cl)c1. The Morgan fingerprint density at radius 2 is 1.79 bits per heavy atom. The number of amides is 1. The van der Waals surface area contributed by atoms with Crippen LogP contribution in [0.5, 0.6) is 5.75 Å². The number of carbonyl (C=O) groups is 1. The van der Waals surface area contributed by atoms with Gasteiger partial charge in [-0.05, 0) is 31.3 Å². The first-order valence-corrected chi connectivity index (χ1v) is 8.30. The molecule has 4 nitrogen and oxygen atoms in total. The molecule has 0 bridgehead atoms. The van der Waals surface area contributed by atoms with Gasteiger partial charge in [-0.2, -0.15) is 0 Å². The molecule has 0 saturated heterocycles. The Kier molecular flexibility index (Phi) is 6.35. The number of carbonyl (C=O) groups excluding carboxylic acids is 1. The number of hydrogen-bond acceptors (Lipinski definition) is 3. The fraction of sp³-hybridized carbons (Fsp3) is 0.235. The highest BCUT2D eigenvalue weighted by Gasteiger charge is 2.21. The number of phenolic OH excluding ortho intramolecular Hbond substituents is 1. The number of rotatable bonds is 5. The predicted molar refractivity (Wildman–Crippen MR) is 98.1 cm³/mol. The lowest BCUT2D eigenvalue weighted by Gasteiger charge is -2.13. The first-order chi connectivity index (χ1) is 11.3. The van der Waals surface area contributed by atoms with E-state index in [-0.39, 0.29) is 26.4 Å². The number of hydrogen-bond donors (Lipinski definition) is 2. The van der Waals surface area contributed by atoms with Gasteiger partial charge in [0, 0.05) is 13.1 Å². The van der Waals surface area contributed by atoms with E-state index in [2.05, 4.69) is 10.2 Å². The molecule has 0 saturated carbocycles. The summed E-state index contributed by atoms with van der Waals surface area (Å²) in [5, 5.41) is 12.7. The van der Waals surface area contributed by atoms with E-state index in [1.54, 1.807) is 0 Å². The molecule has 128 valence electrons. The van der Waals surface area contributed by atoms with Crippen molar-refractivity contribution in [2.24, 2.45) is 0 Å². The maximum absolute atomic E-state index is 12.3. The van der Waals surface area contributed by atoms with Gasteiger partial charge >= 0.3 is 0 Å².